The van der Waals surface area contributed by atoms with Crippen molar-refractivity contribution >= 4 is 57.7 Å². The van der Waals surface area contributed by atoms with E-state index in [1.54, 1.807) is 121 Å². The Balaban J connectivity index is 1.09. The first-order chi connectivity index (χ1) is 24.8. The minimum Gasteiger partial charge on any atom is -0.355 e. The molecule has 0 spiro atoms. The standard InChI is InChI=1S/C42H25N3O6/c46-37-27-14-7-18-32(44-41(50)23-10-3-1-4-11-23)34(27)38(47)26-21-20-25(22-30(26)37)43-31-17-8-15-28-35(31)39(48)29-16-9-19-33(36(29)40(28)49)45-42(51)24-12-5-2-6-13-24/h1-22,43H,(H,44,50)(H,45,51). The average Bonchev–Trinajstić information content (AvgIpc) is 3.16. The lowest BCUT2D eigenvalue weighted by atomic mass is 9.82. The largest absolute Gasteiger partial charge is 0.355 e. The maximum Gasteiger partial charge on any atom is 0.255 e. The summed E-state index contributed by atoms with van der Waals surface area (Å²) in [5.74, 6) is -2.49. The van der Waals surface area contributed by atoms with Crippen molar-refractivity contribution in [3.63, 3.8) is 0 Å². The van der Waals surface area contributed by atoms with Gasteiger partial charge in [0, 0.05) is 44.6 Å². The van der Waals surface area contributed by atoms with Crippen molar-refractivity contribution in [2.24, 2.45) is 0 Å². The van der Waals surface area contributed by atoms with Gasteiger partial charge in [-0.1, -0.05) is 72.8 Å². The third kappa shape index (κ3) is 5.30. The van der Waals surface area contributed by atoms with Gasteiger partial charge in [-0.25, -0.2) is 0 Å². The van der Waals surface area contributed by atoms with Gasteiger partial charge < -0.3 is 16.0 Å². The Bertz CT molecular complexity index is 2510. The van der Waals surface area contributed by atoms with E-state index in [9.17, 15) is 28.8 Å². The Morgan fingerprint density at radius 2 is 0.804 bits per heavy atom. The quantitative estimate of drug-likeness (QED) is 0.167. The van der Waals surface area contributed by atoms with E-state index in [-0.39, 0.29) is 55.9 Å². The summed E-state index contributed by atoms with van der Waals surface area (Å²) in [7, 11) is 0. The highest BCUT2D eigenvalue weighted by Crippen LogP contribution is 2.38. The molecule has 0 unspecified atom stereocenters. The van der Waals surface area contributed by atoms with Crippen molar-refractivity contribution in [1.29, 1.82) is 0 Å². The molecular weight excluding hydrogens is 642 g/mol. The number of hydrogen-bond acceptors (Lipinski definition) is 7. The topological polar surface area (TPSA) is 139 Å². The van der Waals surface area contributed by atoms with Crippen molar-refractivity contribution in [3.05, 3.63) is 189 Å². The van der Waals surface area contributed by atoms with Crippen LogP contribution in [0.25, 0.3) is 0 Å². The molecule has 6 aromatic carbocycles. The summed E-state index contributed by atoms with van der Waals surface area (Å²) in [5.41, 5.74) is 3.14. The van der Waals surface area contributed by atoms with E-state index in [1.807, 2.05) is 0 Å². The first-order valence-corrected chi connectivity index (χ1v) is 16.0. The second-order valence-electron chi connectivity index (χ2n) is 12.0. The Labute approximate surface area is 291 Å². The van der Waals surface area contributed by atoms with Gasteiger partial charge in [-0.2, -0.15) is 0 Å². The number of carbonyl (C=O) groups excluding carboxylic acids is 6. The summed E-state index contributed by atoms with van der Waals surface area (Å²) in [6.45, 7) is 0. The van der Waals surface area contributed by atoms with E-state index in [1.165, 1.54) is 12.1 Å². The molecule has 0 aromatic heterocycles. The zero-order valence-corrected chi connectivity index (χ0v) is 26.7. The lowest BCUT2D eigenvalue weighted by Gasteiger charge is -2.24. The minimum absolute atomic E-state index is 0.104. The van der Waals surface area contributed by atoms with Crippen LogP contribution in [-0.4, -0.2) is 34.9 Å². The van der Waals surface area contributed by atoms with Crippen LogP contribution in [0, 0.1) is 0 Å². The highest BCUT2D eigenvalue weighted by atomic mass is 16.2. The number of fused-ring (bicyclic) bond motifs is 4. The Morgan fingerprint density at radius 3 is 1.31 bits per heavy atom. The molecule has 0 saturated carbocycles. The molecule has 2 amide bonds. The number of rotatable bonds is 6. The molecule has 3 N–H and O–H groups in total. The molecule has 9 nitrogen and oxygen atoms in total. The van der Waals surface area contributed by atoms with Crippen LogP contribution >= 0.6 is 0 Å². The highest BCUT2D eigenvalue weighted by molar-refractivity contribution is 6.33. The number of hydrogen-bond donors (Lipinski definition) is 3. The molecule has 0 fully saturated rings. The number of nitrogens with one attached hydrogen (secondary N) is 3. The molecule has 8 rings (SSSR count). The Morgan fingerprint density at radius 1 is 0.373 bits per heavy atom. The molecule has 2 aliphatic rings. The molecular formula is C42H25N3O6. The molecule has 0 saturated heterocycles. The van der Waals surface area contributed by atoms with Gasteiger partial charge in [-0.15, -0.1) is 0 Å². The van der Waals surface area contributed by atoms with Crippen LogP contribution in [0.2, 0.25) is 0 Å². The van der Waals surface area contributed by atoms with E-state index in [4.69, 9.17) is 0 Å². The maximum atomic E-state index is 14.0. The molecule has 244 valence electrons. The van der Waals surface area contributed by atoms with E-state index in [0.29, 0.717) is 22.5 Å². The number of benzene rings is 6. The summed E-state index contributed by atoms with van der Waals surface area (Å²) < 4.78 is 0. The third-order valence-electron chi connectivity index (χ3n) is 8.96. The zero-order valence-electron chi connectivity index (χ0n) is 26.7. The van der Waals surface area contributed by atoms with Gasteiger partial charge in [-0.05, 0) is 60.7 Å². The smallest absolute Gasteiger partial charge is 0.255 e. The molecule has 0 radical (unpaired) electrons. The Hall–Kier alpha value is -7.26. The van der Waals surface area contributed by atoms with Gasteiger partial charge in [0.2, 0.25) is 0 Å². The fourth-order valence-electron chi connectivity index (χ4n) is 6.55. The van der Waals surface area contributed by atoms with Crippen molar-refractivity contribution < 1.29 is 28.8 Å². The summed E-state index contributed by atoms with van der Waals surface area (Å²) in [4.78, 5) is 81.4. The van der Waals surface area contributed by atoms with Crippen molar-refractivity contribution in [2.75, 3.05) is 16.0 Å². The predicted molar refractivity (Wildman–Crippen MR) is 192 cm³/mol. The van der Waals surface area contributed by atoms with Crippen LogP contribution in [0.3, 0.4) is 0 Å². The molecule has 51 heavy (non-hydrogen) atoms. The van der Waals surface area contributed by atoms with Crippen LogP contribution in [0.1, 0.15) is 84.4 Å². The van der Waals surface area contributed by atoms with Gasteiger partial charge in [0.25, 0.3) is 11.8 Å². The first kappa shape index (κ1) is 31.0. The van der Waals surface area contributed by atoms with Gasteiger partial charge in [0.05, 0.1) is 33.8 Å². The average molecular weight is 668 g/mol. The third-order valence-corrected chi connectivity index (χ3v) is 8.96. The van der Waals surface area contributed by atoms with E-state index in [2.05, 4.69) is 16.0 Å². The van der Waals surface area contributed by atoms with Crippen LogP contribution in [0.4, 0.5) is 22.7 Å². The lowest BCUT2D eigenvalue weighted by Crippen LogP contribution is -2.25. The van der Waals surface area contributed by atoms with Crippen LogP contribution < -0.4 is 16.0 Å². The van der Waals surface area contributed by atoms with Crippen LogP contribution in [-0.2, 0) is 0 Å². The summed E-state index contributed by atoms with van der Waals surface area (Å²) in [5, 5.41) is 8.73. The fourth-order valence-corrected chi connectivity index (χ4v) is 6.55. The first-order valence-electron chi connectivity index (χ1n) is 16.0. The number of ketones is 4. The zero-order chi connectivity index (χ0) is 35.2. The van der Waals surface area contributed by atoms with Crippen molar-refractivity contribution in [2.45, 2.75) is 0 Å². The molecule has 0 bridgehead atoms. The van der Waals surface area contributed by atoms with E-state index in [0.717, 1.165) is 0 Å². The molecule has 9 heteroatoms. The normalized spacial score (nSPS) is 12.6. The van der Waals surface area contributed by atoms with E-state index < -0.39 is 34.9 Å². The van der Waals surface area contributed by atoms with Crippen molar-refractivity contribution in [3.8, 4) is 0 Å². The van der Waals surface area contributed by atoms with Crippen LogP contribution in [0.15, 0.2) is 133 Å². The molecule has 0 atom stereocenters. The summed E-state index contributed by atoms with van der Waals surface area (Å²) in [6.07, 6.45) is 0. The van der Waals surface area contributed by atoms with Gasteiger partial charge in [0.15, 0.2) is 23.1 Å². The van der Waals surface area contributed by atoms with E-state index >= 15 is 0 Å². The number of carbonyl (C=O) groups is 6. The lowest BCUT2D eigenvalue weighted by molar-refractivity contribution is 0.0978. The molecule has 0 heterocycles. The van der Waals surface area contributed by atoms with Gasteiger partial charge >= 0.3 is 0 Å². The van der Waals surface area contributed by atoms with Crippen molar-refractivity contribution in [1.82, 2.24) is 0 Å². The molecule has 6 aromatic rings. The summed E-state index contributed by atoms with van der Waals surface area (Å²) in [6, 6.07) is 36.1. The number of amides is 2. The summed E-state index contributed by atoms with van der Waals surface area (Å²) >= 11 is 0. The maximum absolute atomic E-state index is 14.0. The SMILES string of the molecule is O=C(Nc1cccc2c1C(=O)c1ccc(Nc3cccc4c3C(=O)c3cccc(NC(=O)c5ccccc5)c3C4=O)cc1C2=O)c1ccccc1. The second kappa shape index (κ2) is 12.3. The highest BCUT2D eigenvalue weighted by Gasteiger charge is 2.35. The molecule has 2 aliphatic carbocycles. The predicted octanol–water partition coefficient (Wildman–Crippen LogP) is 7.49. The second-order valence-corrected chi connectivity index (χ2v) is 12.0. The van der Waals surface area contributed by atoms with Gasteiger partial charge in [0.1, 0.15) is 0 Å². The monoisotopic (exact) mass is 667 g/mol. The minimum atomic E-state index is -0.426. The fraction of sp³-hybridized carbons (Fsp3) is 0. The van der Waals surface area contributed by atoms with Gasteiger partial charge in [-0.3, -0.25) is 28.8 Å². The number of anilines is 4. The van der Waals surface area contributed by atoms with Crippen LogP contribution in [0.5, 0.6) is 0 Å². The Kier molecular flexibility index (Phi) is 7.50. The molecule has 0 aliphatic heterocycles.